The third-order valence-electron chi connectivity index (χ3n) is 3.66. The van der Waals surface area contributed by atoms with Crippen LogP contribution in [0.15, 0.2) is 47.2 Å². The highest BCUT2D eigenvalue weighted by Gasteiger charge is 2.16. The van der Waals surface area contributed by atoms with Gasteiger partial charge in [0.25, 0.3) is 5.91 Å². The number of anilines is 1. The second kappa shape index (κ2) is 6.92. The van der Waals surface area contributed by atoms with Crippen LogP contribution in [0.1, 0.15) is 36.0 Å². The number of hydrogen-bond donors (Lipinski definition) is 1. The summed E-state index contributed by atoms with van der Waals surface area (Å²) in [6.07, 6.45) is 8.18. The van der Waals surface area contributed by atoms with Gasteiger partial charge in [-0.05, 0) is 59.8 Å². The van der Waals surface area contributed by atoms with E-state index >= 15 is 0 Å². The lowest BCUT2D eigenvalue weighted by atomic mass is 10.2. The average molecular weight is 361 g/mol. The van der Waals surface area contributed by atoms with Gasteiger partial charge in [0.2, 0.25) is 0 Å². The molecule has 22 heavy (non-hydrogen) atoms. The number of amides is 1. The lowest BCUT2D eigenvalue weighted by Crippen LogP contribution is -2.13. The number of nitrogens with one attached hydrogen (secondary N) is 1. The topological polar surface area (TPSA) is 51.2 Å². The summed E-state index contributed by atoms with van der Waals surface area (Å²) in [5.74, 6) is 0.615. The van der Waals surface area contributed by atoms with Gasteiger partial charge in [0, 0.05) is 28.6 Å². The van der Waals surface area contributed by atoms with E-state index in [0.717, 1.165) is 28.8 Å². The Morgan fingerprint density at radius 3 is 2.82 bits per heavy atom. The number of carbonyl (C=O) groups excluding carboxylic acids is 1. The molecule has 114 valence electrons. The fourth-order valence-electron chi connectivity index (χ4n) is 2.59. The predicted molar refractivity (Wildman–Crippen MR) is 89.2 cm³/mol. The lowest BCUT2D eigenvalue weighted by Gasteiger charge is -2.14. The Bertz CT molecular complexity index is 669. The maximum absolute atomic E-state index is 12.2. The molecule has 1 aliphatic carbocycles. The molecule has 0 bridgehead atoms. The highest BCUT2D eigenvalue weighted by Crippen LogP contribution is 2.26. The van der Waals surface area contributed by atoms with Crippen molar-refractivity contribution in [3.05, 3.63) is 52.8 Å². The number of pyridine rings is 1. The molecule has 5 heteroatoms. The first kappa shape index (κ1) is 15.0. The summed E-state index contributed by atoms with van der Waals surface area (Å²) in [5, 5.41) is 2.87. The van der Waals surface area contributed by atoms with E-state index in [1.165, 1.54) is 12.8 Å². The van der Waals surface area contributed by atoms with Crippen molar-refractivity contribution in [3.8, 4) is 5.75 Å². The summed E-state index contributed by atoms with van der Waals surface area (Å²) in [6, 6.07) is 9.27. The number of rotatable bonds is 4. The minimum absolute atomic E-state index is 0.188. The van der Waals surface area contributed by atoms with Crippen molar-refractivity contribution in [2.45, 2.75) is 31.8 Å². The number of benzene rings is 1. The van der Waals surface area contributed by atoms with Crippen LogP contribution >= 0.6 is 15.9 Å². The molecule has 2 aromatic rings. The minimum Gasteiger partial charge on any atom is -0.490 e. The molecule has 0 spiro atoms. The quantitative estimate of drug-likeness (QED) is 0.877. The first-order chi connectivity index (χ1) is 10.7. The molecule has 3 rings (SSSR count). The number of halogens is 1. The first-order valence-electron chi connectivity index (χ1n) is 7.39. The zero-order valence-corrected chi connectivity index (χ0v) is 13.7. The Kier molecular flexibility index (Phi) is 4.73. The van der Waals surface area contributed by atoms with Crippen molar-refractivity contribution in [1.29, 1.82) is 0 Å². The summed E-state index contributed by atoms with van der Waals surface area (Å²) >= 11 is 3.31. The van der Waals surface area contributed by atoms with E-state index in [9.17, 15) is 4.79 Å². The summed E-state index contributed by atoms with van der Waals surface area (Å²) in [7, 11) is 0. The normalized spacial score (nSPS) is 14.8. The van der Waals surface area contributed by atoms with Gasteiger partial charge in [0.05, 0.1) is 11.7 Å². The van der Waals surface area contributed by atoms with Crippen LogP contribution in [0.4, 0.5) is 5.69 Å². The fourth-order valence-corrected chi connectivity index (χ4v) is 2.95. The van der Waals surface area contributed by atoms with Crippen molar-refractivity contribution in [3.63, 3.8) is 0 Å². The van der Waals surface area contributed by atoms with Gasteiger partial charge >= 0.3 is 0 Å². The number of nitrogens with zero attached hydrogens (tertiary/aromatic N) is 1. The summed E-state index contributed by atoms with van der Waals surface area (Å²) in [6.45, 7) is 0. The van der Waals surface area contributed by atoms with Crippen LogP contribution in [-0.4, -0.2) is 17.0 Å². The van der Waals surface area contributed by atoms with Crippen molar-refractivity contribution in [2.75, 3.05) is 5.32 Å². The smallest absolute Gasteiger partial charge is 0.257 e. The standard InChI is InChI=1S/C17H17BrN2O2/c18-13-8-12(10-19-11-13)17(21)20-14-4-3-7-16(9-14)22-15-5-1-2-6-15/h3-4,7-11,15H,1-2,5-6H2,(H,20,21). The molecule has 0 atom stereocenters. The van der Waals surface area contributed by atoms with E-state index in [4.69, 9.17) is 4.74 Å². The Morgan fingerprint density at radius 2 is 2.05 bits per heavy atom. The van der Waals surface area contributed by atoms with Crippen molar-refractivity contribution in [1.82, 2.24) is 4.98 Å². The molecule has 1 amide bonds. The predicted octanol–water partition coefficient (Wildman–Crippen LogP) is 4.42. The molecule has 1 aromatic carbocycles. The van der Waals surface area contributed by atoms with Crippen LogP contribution in [-0.2, 0) is 0 Å². The molecule has 0 saturated heterocycles. The molecule has 1 aromatic heterocycles. The third-order valence-corrected chi connectivity index (χ3v) is 4.10. The van der Waals surface area contributed by atoms with Gasteiger partial charge < -0.3 is 10.1 Å². The summed E-state index contributed by atoms with van der Waals surface area (Å²) in [5.41, 5.74) is 1.23. The molecule has 4 nitrogen and oxygen atoms in total. The molecule has 0 unspecified atom stereocenters. The van der Waals surface area contributed by atoms with E-state index in [0.29, 0.717) is 11.7 Å². The van der Waals surface area contributed by atoms with Crippen LogP contribution in [0.3, 0.4) is 0 Å². The maximum Gasteiger partial charge on any atom is 0.257 e. The summed E-state index contributed by atoms with van der Waals surface area (Å²) in [4.78, 5) is 16.2. The molecule has 1 fully saturated rings. The second-order valence-electron chi connectivity index (χ2n) is 5.40. The van der Waals surface area contributed by atoms with Crippen LogP contribution in [0, 0.1) is 0 Å². The highest BCUT2D eigenvalue weighted by molar-refractivity contribution is 9.10. The number of carbonyl (C=O) groups is 1. The van der Waals surface area contributed by atoms with Crippen LogP contribution in [0.5, 0.6) is 5.75 Å². The molecule has 1 heterocycles. The molecule has 1 saturated carbocycles. The van der Waals surface area contributed by atoms with Gasteiger partial charge in [-0.2, -0.15) is 0 Å². The molecule has 1 N–H and O–H groups in total. The third kappa shape index (κ3) is 3.85. The van der Waals surface area contributed by atoms with Crippen LogP contribution in [0.2, 0.25) is 0 Å². The van der Waals surface area contributed by atoms with Crippen molar-refractivity contribution in [2.24, 2.45) is 0 Å². The fraction of sp³-hybridized carbons (Fsp3) is 0.294. The number of hydrogen-bond acceptors (Lipinski definition) is 3. The largest absolute Gasteiger partial charge is 0.490 e. The highest BCUT2D eigenvalue weighted by atomic mass is 79.9. The van der Waals surface area contributed by atoms with E-state index in [-0.39, 0.29) is 5.91 Å². The van der Waals surface area contributed by atoms with Crippen LogP contribution < -0.4 is 10.1 Å². The number of ether oxygens (including phenoxy) is 1. The zero-order chi connectivity index (χ0) is 15.4. The van der Waals surface area contributed by atoms with Gasteiger partial charge in [-0.1, -0.05) is 6.07 Å². The van der Waals surface area contributed by atoms with Gasteiger partial charge in [0.15, 0.2) is 0 Å². The van der Waals surface area contributed by atoms with Crippen LogP contribution in [0.25, 0.3) is 0 Å². The van der Waals surface area contributed by atoms with E-state index < -0.39 is 0 Å². The number of aromatic nitrogens is 1. The van der Waals surface area contributed by atoms with Gasteiger partial charge in [-0.15, -0.1) is 0 Å². The molecular formula is C17H17BrN2O2. The minimum atomic E-state index is -0.188. The monoisotopic (exact) mass is 360 g/mol. The van der Waals surface area contributed by atoms with Gasteiger partial charge in [-0.3, -0.25) is 9.78 Å². The molecule has 1 aliphatic rings. The second-order valence-corrected chi connectivity index (χ2v) is 6.31. The molecule has 0 radical (unpaired) electrons. The van der Waals surface area contributed by atoms with Crippen molar-refractivity contribution >= 4 is 27.5 Å². The van der Waals surface area contributed by atoms with Crippen molar-refractivity contribution < 1.29 is 9.53 Å². The SMILES string of the molecule is O=C(Nc1cccc(OC2CCCC2)c1)c1cncc(Br)c1. The van der Waals surface area contributed by atoms with Gasteiger partial charge in [0.1, 0.15) is 5.75 Å². The zero-order valence-electron chi connectivity index (χ0n) is 12.1. The Balaban J connectivity index is 1.68. The Labute approximate surface area is 138 Å². The first-order valence-corrected chi connectivity index (χ1v) is 8.18. The van der Waals surface area contributed by atoms with Gasteiger partial charge in [-0.25, -0.2) is 0 Å². The summed E-state index contributed by atoms with van der Waals surface area (Å²) < 4.78 is 6.73. The molecule has 0 aliphatic heterocycles. The van der Waals surface area contributed by atoms with E-state index in [1.54, 1.807) is 18.5 Å². The Hall–Kier alpha value is -1.88. The average Bonchev–Trinajstić information content (AvgIpc) is 3.00. The molecular weight excluding hydrogens is 344 g/mol. The Morgan fingerprint density at radius 1 is 1.23 bits per heavy atom. The van der Waals surface area contributed by atoms with E-state index in [1.807, 2.05) is 24.3 Å². The lowest BCUT2D eigenvalue weighted by molar-refractivity contribution is 0.102. The maximum atomic E-state index is 12.2. The van der Waals surface area contributed by atoms with E-state index in [2.05, 4.69) is 26.2 Å².